The van der Waals surface area contributed by atoms with Crippen LogP contribution in [0.1, 0.15) is 49.5 Å². The molecule has 8 nitrogen and oxygen atoms in total. The molecule has 0 aliphatic heterocycles. The summed E-state index contributed by atoms with van der Waals surface area (Å²) >= 11 is 12.7. The second-order valence-corrected chi connectivity index (χ2v) is 11.1. The first kappa shape index (κ1) is 29.6. The maximum Gasteiger partial charge on any atom is 0.244 e. The van der Waals surface area contributed by atoms with Crippen molar-refractivity contribution in [2.45, 2.75) is 46.2 Å². The molecule has 0 aromatic heterocycles. The van der Waals surface area contributed by atoms with Crippen LogP contribution in [-0.2, 0) is 26.2 Å². The Morgan fingerprint density at radius 1 is 1.06 bits per heavy atom. The molecule has 0 bridgehead atoms. The van der Waals surface area contributed by atoms with Crippen LogP contribution in [0.2, 0.25) is 10.0 Å². The van der Waals surface area contributed by atoms with Gasteiger partial charge in [-0.05, 0) is 44.5 Å². The summed E-state index contributed by atoms with van der Waals surface area (Å²) < 4.78 is 26.2. The molecule has 0 saturated carbocycles. The minimum Gasteiger partial charge on any atom is -0.354 e. The maximum atomic E-state index is 13.6. The molecule has 2 amide bonds. The highest BCUT2D eigenvalue weighted by Gasteiger charge is 2.31. The van der Waals surface area contributed by atoms with E-state index in [-0.39, 0.29) is 23.9 Å². The van der Waals surface area contributed by atoms with Crippen molar-refractivity contribution in [1.29, 1.82) is 0 Å². The van der Waals surface area contributed by atoms with Crippen molar-refractivity contribution in [3.05, 3.63) is 63.6 Å². The summed E-state index contributed by atoms with van der Waals surface area (Å²) in [5.74, 6) is -1.27. The van der Waals surface area contributed by atoms with Crippen LogP contribution in [0.3, 0.4) is 0 Å². The van der Waals surface area contributed by atoms with Gasteiger partial charge in [0.05, 0.1) is 11.9 Å². The predicted molar refractivity (Wildman–Crippen MR) is 143 cm³/mol. The topological polar surface area (TPSA) is 104 Å². The molecule has 0 aliphatic carbocycles. The van der Waals surface area contributed by atoms with Gasteiger partial charge in [0, 0.05) is 34.3 Å². The molecule has 2 rings (SSSR count). The molecule has 0 aliphatic rings. The Bertz CT molecular complexity index is 1200. The van der Waals surface area contributed by atoms with Crippen LogP contribution in [0.15, 0.2) is 42.5 Å². The monoisotopic (exact) mass is 555 g/mol. The molecule has 36 heavy (non-hydrogen) atoms. The van der Waals surface area contributed by atoms with Gasteiger partial charge in [-0.3, -0.25) is 18.7 Å². The van der Waals surface area contributed by atoms with E-state index < -0.39 is 28.5 Å². The summed E-state index contributed by atoms with van der Waals surface area (Å²) in [4.78, 5) is 39.5. The van der Waals surface area contributed by atoms with Crippen LogP contribution >= 0.6 is 23.2 Å². The van der Waals surface area contributed by atoms with Gasteiger partial charge in [-0.15, -0.1) is 0 Å². The number of carbonyl (C=O) groups is 3. The van der Waals surface area contributed by atoms with Gasteiger partial charge in [0.1, 0.15) is 12.6 Å². The number of ketones is 1. The van der Waals surface area contributed by atoms with Gasteiger partial charge in [0.25, 0.3) is 0 Å². The van der Waals surface area contributed by atoms with E-state index >= 15 is 0 Å². The lowest BCUT2D eigenvalue weighted by Gasteiger charge is -2.32. The second kappa shape index (κ2) is 13.1. The highest BCUT2D eigenvalue weighted by atomic mass is 35.5. The Hall–Kier alpha value is -2.62. The summed E-state index contributed by atoms with van der Waals surface area (Å²) in [7, 11) is -3.92. The third kappa shape index (κ3) is 7.94. The van der Waals surface area contributed by atoms with E-state index in [1.54, 1.807) is 37.3 Å². The number of Topliss-reactive ketones (excluding diaryl/α,β-unsaturated/α-hetero) is 1. The van der Waals surface area contributed by atoms with Crippen molar-refractivity contribution in [3.63, 3.8) is 0 Å². The third-order valence-corrected chi connectivity index (χ3v) is 7.46. The largest absolute Gasteiger partial charge is 0.354 e. The Kier molecular flexibility index (Phi) is 10.8. The summed E-state index contributed by atoms with van der Waals surface area (Å²) in [5.41, 5.74) is 0.901. The highest BCUT2D eigenvalue weighted by molar-refractivity contribution is 7.92. The number of benzene rings is 2. The minimum atomic E-state index is -3.92. The number of unbranched alkanes of at least 4 members (excludes halogenated alkanes) is 1. The number of amides is 2. The zero-order valence-electron chi connectivity index (χ0n) is 20.8. The number of halogens is 2. The number of hydrogen-bond acceptors (Lipinski definition) is 5. The number of sulfonamides is 1. The number of hydrogen-bond donors (Lipinski definition) is 1. The molecule has 1 N–H and O–H groups in total. The molecule has 1 atom stereocenters. The summed E-state index contributed by atoms with van der Waals surface area (Å²) in [6, 6.07) is 9.97. The van der Waals surface area contributed by atoms with Crippen molar-refractivity contribution in [2.75, 3.05) is 23.7 Å². The van der Waals surface area contributed by atoms with Crippen molar-refractivity contribution < 1.29 is 22.8 Å². The quantitative estimate of drug-likeness (QED) is 0.310. The average molecular weight is 557 g/mol. The predicted octanol–water partition coefficient (Wildman–Crippen LogP) is 4.30. The van der Waals surface area contributed by atoms with Crippen LogP contribution in [0.25, 0.3) is 0 Å². The Morgan fingerprint density at radius 3 is 2.22 bits per heavy atom. The number of anilines is 1. The van der Waals surface area contributed by atoms with Crippen molar-refractivity contribution in [2.24, 2.45) is 0 Å². The van der Waals surface area contributed by atoms with Crippen LogP contribution in [0.4, 0.5) is 5.69 Å². The van der Waals surface area contributed by atoms with Crippen LogP contribution in [0.5, 0.6) is 0 Å². The standard InChI is InChI=1S/C25H31Cl2N3O5S/c1-5-6-13-28-25(33)17(2)29(15-21-22(26)11-8-12-23(21)27)24(32)16-30(36(4,34)35)20-10-7-9-19(14-20)18(3)31/h7-12,14,17H,5-6,13,15-16H2,1-4H3,(H,28,33). The molecule has 11 heteroatoms. The molecule has 0 saturated heterocycles. The lowest BCUT2D eigenvalue weighted by molar-refractivity contribution is -0.139. The number of carbonyl (C=O) groups excluding carboxylic acids is 3. The second-order valence-electron chi connectivity index (χ2n) is 8.42. The number of nitrogens with zero attached hydrogens (tertiary/aromatic N) is 2. The van der Waals surface area contributed by atoms with Gasteiger partial charge in [-0.1, -0.05) is 54.7 Å². The van der Waals surface area contributed by atoms with Gasteiger partial charge in [-0.25, -0.2) is 8.42 Å². The number of nitrogens with one attached hydrogen (secondary N) is 1. The fraction of sp³-hybridized carbons (Fsp3) is 0.400. The first-order chi connectivity index (χ1) is 16.9. The van der Waals surface area contributed by atoms with Crippen molar-refractivity contribution >= 4 is 56.5 Å². The van der Waals surface area contributed by atoms with Crippen LogP contribution in [-0.4, -0.2) is 56.3 Å². The minimum absolute atomic E-state index is 0.106. The Morgan fingerprint density at radius 2 is 1.67 bits per heavy atom. The van der Waals surface area contributed by atoms with Gasteiger partial charge in [-0.2, -0.15) is 0 Å². The zero-order valence-corrected chi connectivity index (χ0v) is 23.1. The van der Waals surface area contributed by atoms with Gasteiger partial charge >= 0.3 is 0 Å². The van der Waals surface area contributed by atoms with Crippen molar-refractivity contribution in [3.8, 4) is 0 Å². The Labute approximate surface area is 222 Å². The molecular weight excluding hydrogens is 525 g/mol. The van der Waals surface area contributed by atoms with E-state index in [0.717, 1.165) is 23.4 Å². The zero-order chi connectivity index (χ0) is 27.0. The smallest absolute Gasteiger partial charge is 0.244 e. The molecule has 0 fully saturated rings. The third-order valence-electron chi connectivity index (χ3n) is 5.61. The van der Waals surface area contributed by atoms with Gasteiger partial charge in [0.15, 0.2) is 5.78 Å². The molecule has 1 unspecified atom stereocenters. The molecule has 196 valence electrons. The van der Waals surface area contributed by atoms with Crippen molar-refractivity contribution in [1.82, 2.24) is 10.2 Å². The van der Waals surface area contributed by atoms with Gasteiger partial charge < -0.3 is 10.2 Å². The molecular formula is C25H31Cl2N3O5S. The van der Waals surface area contributed by atoms with E-state index in [1.165, 1.54) is 24.0 Å². The average Bonchev–Trinajstić information content (AvgIpc) is 2.81. The molecule has 2 aromatic rings. The van der Waals surface area contributed by atoms with Crippen LogP contribution < -0.4 is 9.62 Å². The molecule has 0 radical (unpaired) electrons. The molecule has 0 spiro atoms. The first-order valence-corrected chi connectivity index (χ1v) is 14.1. The fourth-order valence-electron chi connectivity index (χ4n) is 3.47. The summed E-state index contributed by atoms with van der Waals surface area (Å²) in [5, 5.41) is 3.43. The lowest BCUT2D eigenvalue weighted by atomic mass is 10.1. The highest BCUT2D eigenvalue weighted by Crippen LogP contribution is 2.27. The fourth-order valence-corrected chi connectivity index (χ4v) is 4.82. The first-order valence-electron chi connectivity index (χ1n) is 11.5. The Balaban J connectivity index is 2.45. The van der Waals surface area contributed by atoms with E-state index in [0.29, 0.717) is 27.7 Å². The summed E-state index contributed by atoms with van der Waals surface area (Å²) in [6.07, 6.45) is 2.63. The van der Waals surface area contributed by atoms with E-state index in [9.17, 15) is 22.8 Å². The molecule has 0 heterocycles. The maximum absolute atomic E-state index is 13.6. The van der Waals surface area contributed by atoms with Gasteiger partial charge in [0.2, 0.25) is 21.8 Å². The normalized spacial score (nSPS) is 12.1. The van der Waals surface area contributed by atoms with E-state index in [2.05, 4.69) is 5.32 Å². The van der Waals surface area contributed by atoms with E-state index in [1.807, 2.05) is 6.92 Å². The lowest BCUT2D eigenvalue weighted by Crippen LogP contribution is -2.51. The number of rotatable bonds is 12. The molecule has 2 aromatic carbocycles. The van der Waals surface area contributed by atoms with E-state index in [4.69, 9.17) is 23.2 Å². The summed E-state index contributed by atoms with van der Waals surface area (Å²) in [6.45, 7) is 4.67. The SMILES string of the molecule is CCCCNC(=O)C(C)N(Cc1c(Cl)cccc1Cl)C(=O)CN(c1cccc(C(C)=O)c1)S(C)(=O)=O. The van der Waals surface area contributed by atoms with Crippen LogP contribution in [0, 0.1) is 0 Å².